The van der Waals surface area contributed by atoms with Crippen molar-refractivity contribution in [1.29, 1.82) is 0 Å². The molecule has 0 spiro atoms. The molecule has 0 aliphatic heterocycles. The number of carbonyl (C=O) groups is 1. The van der Waals surface area contributed by atoms with E-state index < -0.39 is 0 Å². The van der Waals surface area contributed by atoms with E-state index in [9.17, 15) is 4.79 Å². The lowest BCUT2D eigenvalue weighted by atomic mass is 10.2. The Kier molecular flexibility index (Phi) is 6.13. The fourth-order valence-corrected chi connectivity index (χ4v) is 3.58. The molecule has 1 aromatic heterocycles. The molecule has 0 aliphatic carbocycles. The first kappa shape index (κ1) is 19.4. The van der Waals surface area contributed by atoms with E-state index >= 15 is 0 Å². The molecule has 2 N–H and O–H groups in total. The van der Waals surface area contributed by atoms with Crippen LogP contribution < -0.4 is 14.8 Å². The molecule has 0 saturated heterocycles. The van der Waals surface area contributed by atoms with Gasteiger partial charge in [-0.15, -0.1) is 0 Å². The van der Waals surface area contributed by atoms with Crippen LogP contribution >= 0.6 is 23.4 Å². The Balaban J connectivity index is 1.60. The van der Waals surface area contributed by atoms with E-state index in [1.807, 2.05) is 37.3 Å². The molecule has 142 valence electrons. The van der Waals surface area contributed by atoms with Gasteiger partial charge in [0.15, 0.2) is 16.7 Å². The number of halogens is 1. The third-order valence-electron chi connectivity index (χ3n) is 3.99. The van der Waals surface area contributed by atoms with Gasteiger partial charge in [0.1, 0.15) is 0 Å². The molecule has 6 nitrogen and oxygen atoms in total. The molecule has 0 bridgehead atoms. The van der Waals surface area contributed by atoms with Crippen LogP contribution in [0.25, 0.3) is 11.0 Å². The maximum atomic E-state index is 12.4. The smallest absolute Gasteiger partial charge is 0.233 e. The predicted molar refractivity (Wildman–Crippen MR) is 108 cm³/mol. The van der Waals surface area contributed by atoms with Gasteiger partial charge in [-0.25, -0.2) is 4.98 Å². The molecule has 8 heteroatoms. The number of amides is 1. The van der Waals surface area contributed by atoms with Crippen LogP contribution in [-0.2, 0) is 11.3 Å². The highest BCUT2D eigenvalue weighted by Gasteiger charge is 2.17. The van der Waals surface area contributed by atoms with Crippen LogP contribution in [0.15, 0.2) is 41.6 Å². The molecule has 27 heavy (non-hydrogen) atoms. The second-order valence-corrected chi connectivity index (χ2v) is 7.64. The van der Waals surface area contributed by atoms with Crippen molar-refractivity contribution in [3.63, 3.8) is 0 Å². The number of hydrogen-bond donors (Lipinski definition) is 2. The van der Waals surface area contributed by atoms with Crippen molar-refractivity contribution < 1.29 is 14.3 Å². The number of fused-ring (bicyclic) bond motifs is 1. The first-order valence-corrected chi connectivity index (χ1v) is 9.56. The van der Waals surface area contributed by atoms with E-state index in [1.54, 1.807) is 20.3 Å². The van der Waals surface area contributed by atoms with Crippen LogP contribution in [0.3, 0.4) is 0 Å². The Morgan fingerprint density at radius 3 is 2.74 bits per heavy atom. The van der Waals surface area contributed by atoms with Gasteiger partial charge in [-0.3, -0.25) is 4.79 Å². The number of H-pyrrole nitrogens is 1. The Labute approximate surface area is 166 Å². The second-order valence-electron chi connectivity index (χ2n) is 5.87. The zero-order valence-electron chi connectivity index (χ0n) is 15.2. The number of rotatable bonds is 7. The molecule has 0 aliphatic rings. The summed E-state index contributed by atoms with van der Waals surface area (Å²) in [4.78, 5) is 20.1. The molecule has 3 rings (SSSR count). The van der Waals surface area contributed by atoms with Crippen molar-refractivity contribution in [3.8, 4) is 11.5 Å². The van der Waals surface area contributed by atoms with E-state index in [0.29, 0.717) is 28.2 Å². The van der Waals surface area contributed by atoms with Gasteiger partial charge in [-0.1, -0.05) is 29.4 Å². The van der Waals surface area contributed by atoms with Gasteiger partial charge < -0.3 is 19.8 Å². The lowest BCUT2D eigenvalue weighted by Crippen LogP contribution is -2.30. The lowest BCUT2D eigenvalue weighted by molar-refractivity contribution is -0.120. The van der Waals surface area contributed by atoms with Gasteiger partial charge in [-0.2, -0.15) is 0 Å². The quantitative estimate of drug-likeness (QED) is 0.580. The van der Waals surface area contributed by atoms with Crippen LogP contribution in [-0.4, -0.2) is 35.3 Å². The molecule has 0 radical (unpaired) electrons. The molecule has 0 saturated carbocycles. The third-order valence-corrected chi connectivity index (χ3v) is 5.21. The van der Waals surface area contributed by atoms with Crippen molar-refractivity contribution in [1.82, 2.24) is 15.3 Å². The zero-order valence-corrected chi connectivity index (χ0v) is 16.8. The minimum atomic E-state index is -0.304. The van der Waals surface area contributed by atoms with Crippen molar-refractivity contribution in [3.05, 3.63) is 47.0 Å². The number of nitrogens with one attached hydrogen (secondary N) is 2. The Morgan fingerprint density at radius 1 is 1.22 bits per heavy atom. The highest BCUT2D eigenvalue weighted by atomic mass is 35.5. The minimum absolute atomic E-state index is 0.0757. The maximum Gasteiger partial charge on any atom is 0.233 e. The largest absolute Gasteiger partial charge is 0.493 e. The molecular weight excluding hydrogens is 386 g/mol. The number of imidazole rings is 1. The van der Waals surface area contributed by atoms with E-state index in [1.165, 1.54) is 11.8 Å². The van der Waals surface area contributed by atoms with Crippen LogP contribution in [0.2, 0.25) is 5.02 Å². The average molecular weight is 406 g/mol. The normalized spacial score (nSPS) is 12.0. The summed E-state index contributed by atoms with van der Waals surface area (Å²) in [5, 5.41) is 3.95. The van der Waals surface area contributed by atoms with E-state index in [4.69, 9.17) is 21.1 Å². The molecule has 3 aromatic rings. The SMILES string of the molecule is COc1ccc(CNC(=O)C(C)Sc2nc3ccc(Cl)cc3[nH]2)cc1OC. The van der Waals surface area contributed by atoms with Crippen molar-refractivity contribution in [2.75, 3.05) is 14.2 Å². The number of methoxy groups -OCH3 is 2. The third kappa shape index (κ3) is 4.67. The first-order valence-electron chi connectivity index (χ1n) is 8.30. The van der Waals surface area contributed by atoms with Gasteiger partial charge in [0.25, 0.3) is 0 Å². The fraction of sp³-hybridized carbons (Fsp3) is 0.263. The van der Waals surface area contributed by atoms with Crippen LogP contribution in [0.5, 0.6) is 11.5 Å². The number of hydrogen-bond acceptors (Lipinski definition) is 5. The molecule has 0 fully saturated rings. The summed E-state index contributed by atoms with van der Waals surface area (Å²) in [6, 6.07) is 11.0. The number of ether oxygens (including phenoxy) is 2. The minimum Gasteiger partial charge on any atom is -0.493 e. The second kappa shape index (κ2) is 8.54. The molecule has 1 atom stereocenters. The van der Waals surface area contributed by atoms with Crippen LogP contribution in [0.1, 0.15) is 12.5 Å². The van der Waals surface area contributed by atoms with Crippen molar-refractivity contribution in [2.24, 2.45) is 0 Å². The maximum absolute atomic E-state index is 12.4. The molecule has 2 aromatic carbocycles. The molecule has 1 unspecified atom stereocenters. The Morgan fingerprint density at radius 2 is 2.00 bits per heavy atom. The summed E-state index contributed by atoms with van der Waals surface area (Å²) < 4.78 is 10.5. The highest BCUT2D eigenvalue weighted by molar-refractivity contribution is 8.00. The number of benzene rings is 2. The Hall–Kier alpha value is -2.38. The first-order chi connectivity index (χ1) is 13.0. The molecule has 1 amide bonds. The van der Waals surface area contributed by atoms with Gasteiger partial charge in [-0.05, 0) is 42.8 Å². The standard InChI is InChI=1S/C19H20ClN3O3S/c1-11(27-19-22-14-6-5-13(20)9-15(14)23-19)18(24)21-10-12-4-7-16(25-2)17(8-12)26-3/h4-9,11H,10H2,1-3H3,(H,21,24)(H,22,23). The van der Waals surface area contributed by atoms with Crippen LogP contribution in [0, 0.1) is 0 Å². The monoisotopic (exact) mass is 405 g/mol. The van der Waals surface area contributed by atoms with Gasteiger partial charge >= 0.3 is 0 Å². The lowest BCUT2D eigenvalue weighted by Gasteiger charge is -2.12. The summed E-state index contributed by atoms with van der Waals surface area (Å²) >= 11 is 7.35. The summed E-state index contributed by atoms with van der Waals surface area (Å²) in [7, 11) is 3.17. The Bertz CT molecular complexity index is 961. The summed E-state index contributed by atoms with van der Waals surface area (Å²) in [5.74, 6) is 1.21. The number of aromatic amines is 1. The zero-order chi connectivity index (χ0) is 19.4. The number of nitrogens with zero attached hydrogens (tertiary/aromatic N) is 1. The highest BCUT2D eigenvalue weighted by Crippen LogP contribution is 2.28. The van der Waals surface area contributed by atoms with Gasteiger partial charge in [0.05, 0.1) is 30.5 Å². The summed E-state index contributed by atoms with van der Waals surface area (Å²) in [6.07, 6.45) is 0. The van der Waals surface area contributed by atoms with Crippen molar-refractivity contribution in [2.45, 2.75) is 23.9 Å². The van der Waals surface area contributed by atoms with Crippen LogP contribution in [0.4, 0.5) is 0 Å². The number of aromatic nitrogens is 2. The fourth-order valence-electron chi connectivity index (χ4n) is 2.56. The number of carbonyl (C=O) groups excluding carboxylic acids is 1. The van der Waals surface area contributed by atoms with Gasteiger partial charge in [0.2, 0.25) is 5.91 Å². The number of thioether (sulfide) groups is 1. The predicted octanol–water partition coefficient (Wildman–Crippen LogP) is 4.03. The van der Waals surface area contributed by atoms with E-state index in [2.05, 4.69) is 15.3 Å². The van der Waals surface area contributed by atoms with Gasteiger partial charge in [0, 0.05) is 11.6 Å². The summed E-state index contributed by atoms with van der Waals surface area (Å²) in [6.45, 7) is 2.24. The van der Waals surface area contributed by atoms with Crippen molar-refractivity contribution >= 4 is 40.3 Å². The molecular formula is C19H20ClN3O3S. The molecule has 1 heterocycles. The topological polar surface area (TPSA) is 76.2 Å². The summed E-state index contributed by atoms with van der Waals surface area (Å²) in [5.41, 5.74) is 2.60. The average Bonchev–Trinajstić information content (AvgIpc) is 3.06. The van der Waals surface area contributed by atoms with E-state index in [-0.39, 0.29) is 11.2 Å². The van der Waals surface area contributed by atoms with E-state index in [0.717, 1.165) is 16.6 Å².